The molecular formula is C22H21ClN3OS+. The fourth-order valence-corrected chi connectivity index (χ4v) is 4.43. The van der Waals surface area contributed by atoms with E-state index in [1.54, 1.807) is 0 Å². The summed E-state index contributed by atoms with van der Waals surface area (Å²) >= 11 is 7.43. The van der Waals surface area contributed by atoms with Crippen LogP contribution < -0.4 is 10.5 Å². The van der Waals surface area contributed by atoms with Crippen LogP contribution in [-0.4, -0.2) is 17.0 Å². The normalized spacial score (nSPS) is 12.4. The van der Waals surface area contributed by atoms with Gasteiger partial charge >= 0.3 is 0 Å². The summed E-state index contributed by atoms with van der Waals surface area (Å²) in [5, 5.41) is 0.697. The van der Waals surface area contributed by atoms with Gasteiger partial charge in [-0.3, -0.25) is 4.79 Å². The fraction of sp³-hybridized carbons (Fsp3) is 0.182. The Hall–Kier alpha value is -2.47. The average molecular weight is 411 g/mol. The first kappa shape index (κ1) is 18.9. The summed E-state index contributed by atoms with van der Waals surface area (Å²) in [5.74, 6) is 0.712. The van der Waals surface area contributed by atoms with Crippen molar-refractivity contribution in [2.45, 2.75) is 20.0 Å². The van der Waals surface area contributed by atoms with E-state index in [1.165, 1.54) is 27.4 Å². The predicted molar refractivity (Wildman–Crippen MR) is 116 cm³/mol. The minimum Gasteiger partial charge on any atom is -0.327 e. The molecule has 1 atom stereocenters. The molecule has 0 spiro atoms. The maximum absolute atomic E-state index is 12.6. The largest absolute Gasteiger partial charge is 0.327 e. The van der Waals surface area contributed by atoms with E-state index in [0.717, 1.165) is 22.5 Å². The molecule has 1 unspecified atom stereocenters. The van der Waals surface area contributed by atoms with E-state index in [1.807, 2.05) is 30.3 Å². The van der Waals surface area contributed by atoms with Crippen LogP contribution in [0.2, 0.25) is 5.02 Å². The van der Waals surface area contributed by atoms with Crippen molar-refractivity contribution in [3.8, 4) is 10.4 Å². The van der Waals surface area contributed by atoms with Crippen LogP contribution in [0.3, 0.4) is 0 Å². The first-order valence-electron chi connectivity index (χ1n) is 9.14. The van der Waals surface area contributed by atoms with Crippen molar-refractivity contribution >= 4 is 33.2 Å². The third-order valence-corrected chi connectivity index (χ3v) is 6.21. The molecule has 0 aliphatic carbocycles. The Morgan fingerprint density at radius 2 is 1.86 bits per heavy atom. The Morgan fingerprint density at radius 1 is 1.11 bits per heavy atom. The molecule has 0 aliphatic rings. The van der Waals surface area contributed by atoms with Gasteiger partial charge in [0.2, 0.25) is 0 Å². The predicted octanol–water partition coefficient (Wildman–Crippen LogP) is 3.83. The molecule has 4 aromatic rings. The topological polar surface area (TPSA) is 50.2 Å². The number of benzene rings is 2. The molecule has 2 aromatic carbocycles. The lowest BCUT2D eigenvalue weighted by Gasteiger charge is -2.14. The summed E-state index contributed by atoms with van der Waals surface area (Å²) in [5.41, 5.74) is 4.30. The summed E-state index contributed by atoms with van der Waals surface area (Å²) in [7, 11) is 2.11. The van der Waals surface area contributed by atoms with Crippen LogP contribution in [0.15, 0.2) is 59.4 Å². The van der Waals surface area contributed by atoms with Crippen molar-refractivity contribution in [3.05, 3.63) is 86.9 Å². The van der Waals surface area contributed by atoms with E-state index in [-0.39, 0.29) is 5.56 Å². The monoisotopic (exact) mass is 410 g/mol. The maximum atomic E-state index is 12.6. The van der Waals surface area contributed by atoms with Gasteiger partial charge in [0, 0.05) is 15.5 Å². The lowest BCUT2D eigenvalue weighted by molar-refractivity contribution is -0.908. The molecule has 28 heavy (non-hydrogen) atoms. The number of halogens is 1. The minimum atomic E-state index is -0.0751. The van der Waals surface area contributed by atoms with Crippen LogP contribution in [0.25, 0.3) is 20.7 Å². The Labute approximate surface area is 172 Å². The van der Waals surface area contributed by atoms with Crippen LogP contribution in [0, 0.1) is 6.92 Å². The Morgan fingerprint density at radius 3 is 2.61 bits per heavy atom. The van der Waals surface area contributed by atoms with Crippen LogP contribution in [0.4, 0.5) is 0 Å². The van der Waals surface area contributed by atoms with Gasteiger partial charge in [-0.05, 0) is 36.2 Å². The average Bonchev–Trinajstić information content (AvgIpc) is 3.09. The number of aryl methyl sites for hydroxylation is 1. The zero-order valence-corrected chi connectivity index (χ0v) is 17.3. The highest BCUT2D eigenvalue weighted by molar-refractivity contribution is 7.22. The molecule has 2 heterocycles. The van der Waals surface area contributed by atoms with Gasteiger partial charge in [0.05, 0.1) is 12.6 Å². The number of quaternary nitrogens is 1. The summed E-state index contributed by atoms with van der Waals surface area (Å²) in [6, 6.07) is 18.0. The van der Waals surface area contributed by atoms with E-state index in [2.05, 4.69) is 43.2 Å². The number of nitrogens with one attached hydrogen (secondary N) is 2. The van der Waals surface area contributed by atoms with E-state index < -0.39 is 0 Å². The summed E-state index contributed by atoms with van der Waals surface area (Å²) < 4.78 is 0.658. The van der Waals surface area contributed by atoms with Crippen LogP contribution in [0.5, 0.6) is 0 Å². The highest BCUT2D eigenvalue weighted by Gasteiger charge is 2.13. The van der Waals surface area contributed by atoms with Crippen molar-refractivity contribution in [3.63, 3.8) is 0 Å². The van der Waals surface area contributed by atoms with Gasteiger partial charge in [-0.25, -0.2) is 4.98 Å². The molecule has 4 nitrogen and oxygen atoms in total. The number of nitrogens with zero attached hydrogens (tertiary/aromatic N) is 1. The Bertz CT molecular complexity index is 1180. The fourth-order valence-electron chi connectivity index (χ4n) is 3.31. The van der Waals surface area contributed by atoms with Crippen molar-refractivity contribution in [2.75, 3.05) is 7.05 Å². The van der Waals surface area contributed by atoms with Gasteiger partial charge in [-0.1, -0.05) is 48.0 Å². The zero-order chi connectivity index (χ0) is 19.7. The molecule has 2 N–H and O–H groups in total. The molecule has 4 rings (SSSR count). The number of H-pyrrole nitrogens is 1. The second-order valence-electron chi connectivity index (χ2n) is 7.08. The number of aromatic amines is 1. The van der Waals surface area contributed by atoms with Crippen LogP contribution >= 0.6 is 22.9 Å². The first-order valence-corrected chi connectivity index (χ1v) is 10.3. The second kappa shape index (κ2) is 7.87. The SMILES string of the molecule is Cc1ccccc1C[NH+](C)Cc1nc2cc(-c3ccc(Cl)cc3)sc2c(=O)[nH]1. The second-order valence-corrected chi connectivity index (χ2v) is 8.57. The molecule has 6 heteroatoms. The summed E-state index contributed by atoms with van der Waals surface area (Å²) in [6.45, 7) is 3.66. The van der Waals surface area contributed by atoms with Gasteiger partial charge < -0.3 is 9.88 Å². The number of hydrogen-bond acceptors (Lipinski definition) is 3. The van der Waals surface area contributed by atoms with Crippen molar-refractivity contribution in [2.24, 2.45) is 0 Å². The molecule has 0 aliphatic heterocycles. The van der Waals surface area contributed by atoms with Gasteiger partial charge in [0.1, 0.15) is 17.8 Å². The molecular weight excluding hydrogens is 390 g/mol. The summed E-state index contributed by atoms with van der Waals surface area (Å²) in [6.07, 6.45) is 0. The van der Waals surface area contributed by atoms with Gasteiger partial charge in [-0.2, -0.15) is 0 Å². The molecule has 0 fully saturated rings. The highest BCUT2D eigenvalue weighted by Crippen LogP contribution is 2.31. The molecule has 0 saturated carbocycles. The first-order chi connectivity index (χ1) is 13.5. The Balaban J connectivity index is 1.59. The number of aromatic nitrogens is 2. The third-order valence-electron chi connectivity index (χ3n) is 4.78. The number of rotatable bonds is 5. The molecule has 2 aromatic heterocycles. The molecule has 142 valence electrons. The smallest absolute Gasteiger partial charge is 0.269 e. The molecule has 0 radical (unpaired) electrons. The van der Waals surface area contributed by atoms with Crippen molar-refractivity contribution in [1.82, 2.24) is 9.97 Å². The Kier molecular flexibility index (Phi) is 5.31. The van der Waals surface area contributed by atoms with E-state index in [4.69, 9.17) is 16.6 Å². The third kappa shape index (κ3) is 4.02. The number of fused-ring (bicyclic) bond motifs is 1. The standard InChI is InChI=1S/C22H20ClN3OS/c1-14-5-3-4-6-16(14)12-26(2)13-20-24-18-11-19(28-21(18)22(27)25-20)15-7-9-17(23)10-8-15/h3-11H,12-13H2,1-2H3,(H,24,25,27)/p+1. The van der Waals surface area contributed by atoms with E-state index in [9.17, 15) is 4.79 Å². The van der Waals surface area contributed by atoms with Gasteiger partial charge in [-0.15, -0.1) is 11.3 Å². The molecule has 0 bridgehead atoms. The molecule has 0 amide bonds. The highest BCUT2D eigenvalue weighted by atomic mass is 35.5. The lowest BCUT2D eigenvalue weighted by atomic mass is 10.1. The van der Waals surface area contributed by atoms with Gasteiger partial charge in [0.25, 0.3) is 5.56 Å². The summed E-state index contributed by atoms with van der Waals surface area (Å²) in [4.78, 5) is 22.5. The van der Waals surface area contributed by atoms with E-state index >= 15 is 0 Å². The number of hydrogen-bond donors (Lipinski definition) is 2. The van der Waals surface area contributed by atoms with Crippen molar-refractivity contribution in [1.29, 1.82) is 0 Å². The van der Waals surface area contributed by atoms with Crippen LogP contribution in [-0.2, 0) is 13.1 Å². The van der Waals surface area contributed by atoms with Gasteiger partial charge in [0.15, 0.2) is 5.82 Å². The number of thiophene rings is 1. The minimum absolute atomic E-state index is 0.0751. The quantitative estimate of drug-likeness (QED) is 0.525. The van der Waals surface area contributed by atoms with Crippen molar-refractivity contribution < 1.29 is 4.90 Å². The lowest BCUT2D eigenvalue weighted by Crippen LogP contribution is -3.06. The van der Waals surface area contributed by atoms with E-state index in [0.29, 0.717) is 22.1 Å². The zero-order valence-electron chi connectivity index (χ0n) is 15.8. The van der Waals surface area contributed by atoms with Crippen LogP contribution in [0.1, 0.15) is 17.0 Å². The molecule has 0 saturated heterocycles. The maximum Gasteiger partial charge on any atom is 0.269 e.